The van der Waals surface area contributed by atoms with Crippen molar-refractivity contribution in [2.24, 2.45) is 0 Å². The smallest absolute Gasteiger partial charge is 0.328 e. The molecule has 0 unspecified atom stereocenters. The molecule has 0 aromatic heterocycles. The molecule has 2 aliphatic rings. The van der Waals surface area contributed by atoms with E-state index >= 15 is 0 Å². The second-order valence-corrected chi connectivity index (χ2v) is 9.14. The van der Waals surface area contributed by atoms with Crippen LogP contribution in [0.2, 0.25) is 0 Å². The number of piperidine rings is 1. The normalized spacial score (nSPS) is 22.7. The maximum absolute atomic E-state index is 13.9. The van der Waals surface area contributed by atoms with Crippen molar-refractivity contribution in [2.75, 3.05) is 13.7 Å². The van der Waals surface area contributed by atoms with Gasteiger partial charge in [-0.05, 0) is 42.9 Å². The Morgan fingerprint density at radius 3 is 2.44 bits per heavy atom. The number of ether oxygens (including phenoxy) is 1. The van der Waals surface area contributed by atoms with E-state index in [1.165, 1.54) is 16.9 Å². The van der Waals surface area contributed by atoms with Crippen molar-refractivity contribution < 1.29 is 23.9 Å². The van der Waals surface area contributed by atoms with Crippen molar-refractivity contribution in [3.63, 3.8) is 0 Å². The summed E-state index contributed by atoms with van der Waals surface area (Å²) in [5, 5.41) is 0. The lowest BCUT2D eigenvalue weighted by Gasteiger charge is -2.36. The van der Waals surface area contributed by atoms with Gasteiger partial charge >= 0.3 is 5.97 Å². The molecule has 2 aliphatic heterocycles. The molecule has 2 aromatic carbocycles. The third-order valence-electron chi connectivity index (χ3n) is 7.00. The van der Waals surface area contributed by atoms with Gasteiger partial charge in [0.05, 0.1) is 19.1 Å². The molecule has 4 rings (SSSR count). The largest absolute Gasteiger partial charge is 0.467 e. The molecule has 178 valence electrons. The maximum Gasteiger partial charge on any atom is 0.328 e. The number of carbonyl (C=O) groups excluding carboxylic acids is 4. The van der Waals surface area contributed by atoms with Crippen LogP contribution in [0.25, 0.3) is 0 Å². The fourth-order valence-electron chi connectivity index (χ4n) is 5.25. The quantitative estimate of drug-likeness (QED) is 0.487. The first-order valence-electron chi connectivity index (χ1n) is 11.7. The Kier molecular flexibility index (Phi) is 6.82. The molecule has 2 aromatic rings. The number of hydrogen-bond donors (Lipinski definition) is 0. The zero-order valence-corrected chi connectivity index (χ0v) is 19.7. The molecule has 0 aliphatic carbocycles. The zero-order valence-electron chi connectivity index (χ0n) is 19.7. The van der Waals surface area contributed by atoms with Gasteiger partial charge in [0, 0.05) is 19.4 Å². The number of aryl methyl sites for hydroxylation is 1. The highest BCUT2D eigenvalue weighted by atomic mass is 16.5. The molecule has 0 saturated carbocycles. The first-order chi connectivity index (χ1) is 16.4. The lowest BCUT2D eigenvalue weighted by Crippen LogP contribution is -2.51. The number of esters is 1. The predicted molar refractivity (Wildman–Crippen MR) is 125 cm³/mol. The molecule has 7 heteroatoms. The second kappa shape index (κ2) is 9.79. The molecule has 3 amide bonds. The molecular formula is C27H30N2O5. The fraction of sp³-hybridized carbons (Fsp3) is 0.407. The van der Waals surface area contributed by atoms with Gasteiger partial charge in [0.15, 0.2) is 0 Å². The van der Waals surface area contributed by atoms with Crippen molar-refractivity contribution in [1.82, 2.24) is 9.80 Å². The number of amides is 3. The predicted octanol–water partition coefficient (Wildman–Crippen LogP) is 3.14. The SMILES string of the molecule is COC(=O)[C@@H]1CCCCN1C(=O)C[C@@]1(c2ccccc2C)CC(=O)N(Cc2ccccc2)C1=O. The van der Waals surface area contributed by atoms with Crippen LogP contribution in [-0.2, 0) is 35.9 Å². The van der Waals surface area contributed by atoms with Crippen molar-refractivity contribution in [2.45, 2.75) is 57.0 Å². The standard InChI is InChI=1S/C27H30N2O5/c1-19-10-6-7-13-21(19)27(16-23(30)28-15-9-8-14-22(28)25(32)34-2)17-24(31)29(26(27)33)18-20-11-4-3-5-12-20/h3-7,10-13,22H,8-9,14-18H2,1-2H3/t22-,27-/m0/s1. The molecule has 2 fully saturated rings. The van der Waals surface area contributed by atoms with E-state index in [9.17, 15) is 19.2 Å². The van der Waals surface area contributed by atoms with Crippen molar-refractivity contribution in [3.8, 4) is 0 Å². The third kappa shape index (κ3) is 4.34. The van der Waals surface area contributed by atoms with Gasteiger partial charge in [-0.25, -0.2) is 4.79 Å². The number of benzene rings is 2. The monoisotopic (exact) mass is 462 g/mol. The Morgan fingerprint density at radius 2 is 1.74 bits per heavy atom. The maximum atomic E-state index is 13.9. The van der Waals surface area contributed by atoms with E-state index < -0.39 is 17.4 Å². The number of methoxy groups -OCH3 is 1. The summed E-state index contributed by atoms with van der Waals surface area (Å²) in [7, 11) is 1.31. The van der Waals surface area contributed by atoms with Gasteiger partial charge in [0.1, 0.15) is 6.04 Å². The minimum absolute atomic E-state index is 0.0774. The van der Waals surface area contributed by atoms with Gasteiger partial charge in [-0.15, -0.1) is 0 Å². The molecule has 0 bridgehead atoms. The molecule has 7 nitrogen and oxygen atoms in total. The number of imide groups is 1. The van der Waals surface area contributed by atoms with E-state index in [2.05, 4.69) is 0 Å². The van der Waals surface area contributed by atoms with E-state index in [0.29, 0.717) is 18.5 Å². The Hall–Kier alpha value is -3.48. The van der Waals surface area contributed by atoms with Crippen LogP contribution in [-0.4, -0.2) is 53.2 Å². The Bertz CT molecular complexity index is 1100. The Morgan fingerprint density at radius 1 is 1.03 bits per heavy atom. The van der Waals surface area contributed by atoms with Gasteiger partial charge in [-0.3, -0.25) is 19.3 Å². The van der Waals surface area contributed by atoms with Crippen LogP contribution >= 0.6 is 0 Å². The molecule has 0 radical (unpaired) electrons. The minimum Gasteiger partial charge on any atom is -0.467 e. The summed E-state index contributed by atoms with van der Waals surface area (Å²) in [4.78, 5) is 55.9. The lowest BCUT2D eigenvalue weighted by atomic mass is 9.73. The molecule has 2 atom stereocenters. The number of rotatable bonds is 6. The highest BCUT2D eigenvalue weighted by Gasteiger charge is 2.55. The average molecular weight is 463 g/mol. The highest BCUT2D eigenvalue weighted by Crippen LogP contribution is 2.42. The fourth-order valence-corrected chi connectivity index (χ4v) is 5.25. The topological polar surface area (TPSA) is 84.0 Å². The second-order valence-electron chi connectivity index (χ2n) is 9.14. The summed E-state index contributed by atoms with van der Waals surface area (Å²) >= 11 is 0. The summed E-state index contributed by atoms with van der Waals surface area (Å²) in [6.45, 7) is 2.48. The van der Waals surface area contributed by atoms with E-state index in [-0.39, 0.29) is 37.1 Å². The number of hydrogen-bond acceptors (Lipinski definition) is 5. The van der Waals surface area contributed by atoms with E-state index in [1.54, 1.807) is 0 Å². The number of carbonyl (C=O) groups is 4. The van der Waals surface area contributed by atoms with Crippen LogP contribution in [0.5, 0.6) is 0 Å². The molecule has 2 saturated heterocycles. The summed E-state index contributed by atoms with van der Waals surface area (Å²) in [6, 6.07) is 16.1. The molecule has 34 heavy (non-hydrogen) atoms. The molecule has 0 N–H and O–H groups in total. The summed E-state index contributed by atoms with van der Waals surface area (Å²) in [5.41, 5.74) is 1.08. The summed E-state index contributed by atoms with van der Waals surface area (Å²) in [6.07, 6.45) is 1.90. The van der Waals surface area contributed by atoms with Gasteiger partial charge in [0.25, 0.3) is 0 Å². The van der Waals surface area contributed by atoms with Crippen LogP contribution in [0.15, 0.2) is 54.6 Å². The molecule has 0 spiro atoms. The first kappa shape index (κ1) is 23.7. The highest BCUT2D eigenvalue weighted by molar-refractivity contribution is 6.11. The van der Waals surface area contributed by atoms with Crippen molar-refractivity contribution >= 4 is 23.7 Å². The Labute approximate surface area is 199 Å². The van der Waals surface area contributed by atoms with Crippen LogP contribution in [0.1, 0.15) is 48.8 Å². The molecule has 2 heterocycles. The number of nitrogens with zero attached hydrogens (tertiary/aromatic N) is 2. The Balaban J connectivity index is 1.70. The lowest BCUT2D eigenvalue weighted by molar-refractivity contribution is -0.155. The van der Waals surface area contributed by atoms with E-state index in [4.69, 9.17) is 4.74 Å². The van der Waals surface area contributed by atoms with Crippen molar-refractivity contribution in [1.29, 1.82) is 0 Å². The third-order valence-corrected chi connectivity index (χ3v) is 7.00. The van der Waals surface area contributed by atoms with Crippen LogP contribution in [0, 0.1) is 6.92 Å². The van der Waals surface area contributed by atoms with Crippen LogP contribution in [0.3, 0.4) is 0 Å². The zero-order chi connectivity index (χ0) is 24.3. The van der Waals surface area contributed by atoms with E-state index in [0.717, 1.165) is 24.0 Å². The van der Waals surface area contributed by atoms with E-state index in [1.807, 2.05) is 61.5 Å². The van der Waals surface area contributed by atoms with Gasteiger partial charge < -0.3 is 9.64 Å². The van der Waals surface area contributed by atoms with Gasteiger partial charge in [-0.2, -0.15) is 0 Å². The van der Waals surface area contributed by atoms with Gasteiger partial charge in [0.2, 0.25) is 17.7 Å². The number of likely N-dealkylation sites (tertiary alicyclic amines) is 2. The summed E-state index contributed by atoms with van der Waals surface area (Å²) in [5.74, 6) is -1.41. The molecular weight excluding hydrogens is 432 g/mol. The minimum atomic E-state index is -1.30. The van der Waals surface area contributed by atoms with Crippen LogP contribution in [0.4, 0.5) is 0 Å². The average Bonchev–Trinajstić information content (AvgIpc) is 3.09. The summed E-state index contributed by atoms with van der Waals surface area (Å²) < 4.78 is 4.93. The van der Waals surface area contributed by atoms with Gasteiger partial charge in [-0.1, -0.05) is 54.6 Å². The first-order valence-corrected chi connectivity index (χ1v) is 11.7. The van der Waals surface area contributed by atoms with Crippen molar-refractivity contribution in [3.05, 3.63) is 71.3 Å². The van der Waals surface area contributed by atoms with Crippen LogP contribution < -0.4 is 0 Å².